The van der Waals surface area contributed by atoms with Gasteiger partial charge in [-0.15, -0.1) is 0 Å². The zero-order valence-corrected chi connectivity index (χ0v) is 26.3. The molecule has 2 heteroatoms. The van der Waals surface area contributed by atoms with Crippen LogP contribution < -0.4 is 0 Å². The predicted octanol–water partition coefficient (Wildman–Crippen LogP) is 12.3. The molecule has 0 amide bonds. The lowest BCUT2D eigenvalue weighted by molar-refractivity contribution is 0.628. The van der Waals surface area contributed by atoms with Gasteiger partial charge in [0.2, 0.25) is 0 Å². The molecule has 0 atom stereocenters. The molecule has 47 heavy (non-hydrogen) atoms. The number of hydrogen-bond donors (Lipinski definition) is 0. The Balaban J connectivity index is 1.40. The third-order valence-electron chi connectivity index (χ3n) is 9.67. The zero-order valence-electron chi connectivity index (χ0n) is 25.5. The van der Waals surface area contributed by atoms with Gasteiger partial charge in [-0.1, -0.05) is 163 Å². The van der Waals surface area contributed by atoms with Crippen molar-refractivity contribution in [1.29, 1.82) is 0 Å². The molecule has 1 heterocycles. The minimum Gasteiger partial charge on any atom is -0.207 e. The number of halogens is 1. The quantitative estimate of drug-likeness (QED) is 0.189. The van der Waals surface area contributed by atoms with Gasteiger partial charge in [-0.25, -0.2) is 4.39 Å². The molecule has 8 aromatic rings. The maximum Gasteiger partial charge on any atom is 0.123 e. The van der Waals surface area contributed by atoms with Crippen LogP contribution in [-0.4, -0.2) is 0 Å². The van der Waals surface area contributed by atoms with Crippen LogP contribution in [-0.2, 0) is 5.41 Å². The van der Waals surface area contributed by atoms with Crippen LogP contribution in [0.2, 0.25) is 0 Å². The van der Waals surface area contributed by atoms with Crippen LogP contribution in [0.5, 0.6) is 0 Å². The molecular weight excluding hydrogens is 592 g/mol. The fourth-order valence-corrected chi connectivity index (χ4v) is 8.77. The molecule has 222 valence electrons. The van der Waals surface area contributed by atoms with Gasteiger partial charge in [-0.05, 0) is 90.3 Å². The average Bonchev–Trinajstić information content (AvgIpc) is 3.14. The van der Waals surface area contributed by atoms with E-state index in [1.54, 1.807) is 0 Å². The standard InChI is InChI=1S/C45H29FS/c46-38-26-18-33(19-27-38)32-16-24-37(25-17-32)45(36-22-14-31(15-23-36)30-8-2-1-3-9-30)43-39-12-6-4-10-34(39)20-28-41(43)47-42-29-21-35-11-5-7-13-40(35)44(42)45/h1-29H. The Bertz CT molecular complexity index is 2320. The third kappa shape index (κ3) is 4.44. The van der Waals surface area contributed by atoms with E-state index in [1.807, 2.05) is 23.9 Å². The van der Waals surface area contributed by atoms with E-state index in [-0.39, 0.29) is 5.82 Å². The topological polar surface area (TPSA) is 0 Å². The van der Waals surface area contributed by atoms with Crippen LogP contribution in [0.15, 0.2) is 186 Å². The third-order valence-corrected chi connectivity index (χ3v) is 10.8. The summed E-state index contributed by atoms with van der Waals surface area (Å²) in [7, 11) is 0. The summed E-state index contributed by atoms with van der Waals surface area (Å²) in [4.78, 5) is 2.53. The number of fused-ring (bicyclic) bond motifs is 6. The van der Waals surface area contributed by atoms with Crippen molar-refractivity contribution in [3.8, 4) is 22.3 Å². The van der Waals surface area contributed by atoms with Gasteiger partial charge < -0.3 is 0 Å². The van der Waals surface area contributed by atoms with Gasteiger partial charge >= 0.3 is 0 Å². The van der Waals surface area contributed by atoms with Gasteiger partial charge in [0.15, 0.2) is 0 Å². The number of hydrogen-bond acceptors (Lipinski definition) is 1. The molecular formula is C45H29FS. The molecule has 0 radical (unpaired) electrons. The van der Waals surface area contributed by atoms with E-state index in [2.05, 4.69) is 152 Å². The van der Waals surface area contributed by atoms with E-state index in [4.69, 9.17) is 0 Å². The second-order valence-electron chi connectivity index (χ2n) is 12.2. The molecule has 9 rings (SSSR count). The van der Waals surface area contributed by atoms with Gasteiger partial charge in [-0.3, -0.25) is 0 Å². The van der Waals surface area contributed by atoms with Gasteiger partial charge in [-0.2, -0.15) is 0 Å². The summed E-state index contributed by atoms with van der Waals surface area (Å²) in [5.41, 5.74) is 8.88. The van der Waals surface area contributed by atoms with Gasteiger partial charge in [0, 0.05) is 9.79 Å². The smallest absolute Gasteiger partial charge is 0.123 e. The highest BCUT2D eigenvalue weighted by Crippen LogP contribution is 2.59. The van der Waals surface area contributed by atoms with E-state index in [9.17, 15) is 4.39 Å². The van der Waals surface area contributed by atoms with E-state index in [0.717, 1.165) is 11.1 Å². The van der Waals surface area contributed by atoms with Crippen LogP contribution in [0.3, 0.4) is 0 Å². The summed E-state index contributed by atoms with van der Waals surface area (Å²) >= 11 is 1.87. The Labute approximate surface area is 278 Å². The van der Waals surface area contributed by atoms with E-state index < -0.39 is 5.41 Å². The van der Waals surface area contributed by atoms with Crippen LogP contribution in [0.1, 0.15) is 22.3 Å². The maximum atomic E-state index is 13.8. The molecule has 0 aliphatic carbocycles. The lowest BCUT2D eigenvalue weighted by atomic mass is 9.62. The lowest BCUT2D eigenvalue weighted by Crippen LogP contribution is -2.34. The SMILES string of the molecule is Fc1ccc(-c2ccc(C3(c4ccc(-c5ccccc5)cc4)c4c(ccc5ccccc45)Sc4ccc5ccccc5c43)cc2)cc1. The Morgan fingerprint density at radius 1 is 0.362 bits per heavy atom. The first kappa shape index (κ1) is 27.8. The van der Waals surface area contributed by atoms with Crippen molar-refractivity contribution >= 4 is 33.3 Å². The average molecular weight is 621 g/mol. The largest absolute Gasteiger partial charge is 0.207 e. The Morgan fingerprint density at radius 3 is 1.26 bits per heavy atom. The molecule has 0 bridgehead atoms. The Hall–Kier alpha value is -5.44. The van der Waals surface area contributed by atoms with E-state index >= 15 is 0 Å². The molecule has 0 N–H and O–H groups in total. The van der Waals surface area contributed by atoms with E-state index in [0.29, 0.717) is 0 Å². The lowest BCUT2D eigenvalue weighted by Gasteiger charge is -2.43. The molecule has 0 saturated carbocycles. The summed E-state index contributed by atoms with van der Waals surface area (Å²) in [5.74, 6) is -0.227. The van der Waals surface area contributed by atoms with Crippen molar-refractivity contribution in [2.45, 2.75) is 15.2 Å². The van der Waals surface area contributed by atoms with Crippen molar-refractivity contribution in [3.63, 3.8) is 0 Å². The highest BCUT2D eigenvalue weighted by atomic mass is 32.2. The predicted molar refractivity (Wildman–Crippen MR) is 195 cm³/mol. The van der Waals surface area contributed by atoms with Crippen molar-refractivity contribution in [1.82, 2.24) is 0 Å². The number of benzene rings is 8. The molecule has 0 unspecified atom stereocenters. The molecule has 0 aromatic heterocycles. The van der Waals surface area contributed by atoms with Crippen molar-refractivity contribution < 1.29 is 4.39 Å². The molecule has 1 aliphatic rings. The molecule has 8 aromatic carbocycles. The van der Waals surface area contributed by atoms with E-state index in [1.165, 1.54) is 76.8 Å². The minimum absolute atomic E-state index is 0.227. The highest BCUT2D eigenvalue weighted by Gasteiger charge is 2.46. The summed E-state index contributed by atoms with van der Waals surface area (Å²) in [6, 6.07) is 62.2. The molecule has 0 fully saturated rings. The zero-order chi connectivity index (χ0) is 31.4. The second-order valence-corrected chi connectivity index (χ2v) is 13.3. The first-order valence-corrected chi connectivity index (χ1v) is 16.8. The first-order valence-electron chi connectivity index (χ1n) is 15.9. The van der Waals surface area contributed by atoms with Crippen molar-refractivity contribution in [3.05, 3.63) is 204 Å². The van der Waals surface area contributed by atoms with Crippen LogP contribution in [0.4, 0.5) is 4.39 Å². The normalized spacial score (nSPS) is 13.3. The monoisotopic (exact) mass is 620 g/mol. The number of rotatable bonds is 4. The fraction of sp³-hybridized carbons (Fsp3) is 0.0222. The molecule has 0 saturated heterocycles. The van der Waals surface area contributed by atoms with Gasteiger partial charge in [0.05, 0.1) is 5.41 Å². The second kappa shape index (κ2) is 11.1. The highest BCUT2D eigenvalue weighted by molar-refractivity contribution is 7.99. The molecule has 1 aliphatic heterocycles. The van der Waals surface area contributed by atoms with Crippen LogP contribution in [0, 0.1) is 5.82 Å². The minimum atomic E-state index is -0.617. The van der Waals surface area contributed by atoms with Gasteiger partial charge in [0.1, 0.15) is 5.82 Å². The van der Waals surface area contributed by atoms with Crippen LogP contribution >= 0.6 is 11.8 Å². The summed E-state index contributed by atoms with van der Waals surface area (Å²) < 4.78 is 13.8. The first-order chi connectivity index (χ1) is 23.2. The molecule has 0 spiro atoms. The van der Waals surface area contributed by atoms with Gasteiger partial charge in [0.25, 0.3) is 0 Å². The summed E-state index contributed by atoms with van der Waals surface area (Å²) in [6.45, 7) is 0. The van der Waals surface area contributed by atoms with Crippen molar-refractivity contribution in [2.75, 3.05) is 0 Å². The van der Waals surface area contributed by atoms with Crippen molar-refractivity contribution in [2.24, 2.45) is 0 Å². The Kier molecular flexibility index (Phi) is 6.58. The maximum absolute atomic E-state index is 13.8. The van der Waals surface area contributed by atoms with Crippen LogP contribution in [0.25, 0.3) is 43.8 Å². The molecule has 0 nitrogen and oxygen atoms in total. The Morgan fingerprint density at radius 2 is 0.766 bits per heavy atom. The summed E-state index contributed by atoms with van der Waals surface area (Å²) in [6.07, 6.45) is 0. The fourth-order valence-electron chi connectivity index (χ4n) is 7.53. The summed E-state index contributed by atoms with van der Waals surface area (Å²) in [5, 5.41) is 4.96.